The number of Topliss-reactive ketones (excluding diaryl/α,β-unsaturated/α-hetero) is 1. The van der Waals surface area contributed by atoms with Crippen molar-refractivity contribution in [1.82, 2.24) is 14.8 Å². The summed E-state index contributed by atoms with van der Waals surface area (Å²) in [5, 5.41) is 2.92. The summed E-state index contributed by atoms with van der Waals surface area (Å²) in [5.41, 5.74) is 0.519. The van der Waals surface area contributed by atoms with E-state index in [0.29, 0.717) is 42.2 Å². The molecule has 1 fully saturated rings. The van der Waals surface area contributed by atoms with Gasteiger partial charge in [-0.25, -0.2) is 4.39 Å². The lowest BCUT2D eigenvalue weighted by molar-refractivity contribution is 0.0907. The first-order chi connectivity index (χ1) is 15.7. The molecule has 0 bridgehead atoms. The van der Waals surface area contributed by atoms with E-state index in [1.54, 1.807) is 0 Å². The Morgan fingerprint density at radius 1 is 1.15 bits per heavy atom. The van der Waals surface area contributed by atoms with Gasteiger partial charge in [-0.05, 0) is 68.0 Å². The lowest BCUT2D eigenvalue weighted by Gasteiger charge is -2.33. The van der Waals surface area contributed by atoms with Gasteiger partial charge in [0.25, 0.3) is 11.5 Å². The number of rotatable bonds is 5. The predicted octanol–water partition coefficient (Wildman–Crippen LogP) is 3.74. The zero-order chi connectivity index (χ0) is 23.8. The largest absolute Gasteiger partial charge is 0.351 e. The van der Waals surface area contributed by atoms with Gasteiger partial charge in [0.15, 0.2) is 5.78 Å². The summed E-state index contributed by atoms with van der Waals surface area (Å²) >= 11 is 0. The monoisotopic (exact) mass is 453 g/mol. The van der Waals surface area contributed by atoms with Gasteiger partial charge in [0, 0.05) is 43.0 Å². The number of halogens is 1. The maximum Gasteiger partial charge on any atom is 0.268 e. The first kappa shape index (κ1) is 23.4. The molecule has 0 saturated carbocycles. The predicted molar refractivity (Wildman–Crippen MR) is 126 cm³/mol. The van der Waals surface area contributed by atoms with Crippen molar-refractivity contribution in [3.8, 4) is 5.69 Å². The smallest absolute Gasteiger partial charge is 0.268 e. The molecule has 7 heteroatoms. The molecule has 1 atom stereocenters. The Labute approximate surface area is 193 Å². The summed E-state index contributed by atoms with van der Waals surface area (Å²) in [6.45, 7) is 8.30. The lowest BCUT2D eigenvalue weighted by Crippen LogP contribution is -2.44. The summed E-state index contributed by atoms with van der Waals surface area (Å²) in [4.78, 5) is 42.1. The first-order valence-corrected chi connectivity index (χ1v) is 11.8. The van der Waals surface area contributed by atoms with E-state index in [2.05, 4.69) is 17.1 Å². The highest BCUT2D eigenvalue weighted by Gasteiger charge is 2.36. The fourth-order valence-electron chi connectivity index (χ4n) is 5.06. The number of pyridine rings is 1. The van der Waals surface area contributed by atoms with E-state index in [-0.39, 0.29) is 16.8 Å². The molecule has 4 rings (SSSR count). The van der Waals surface area contributed by atoms with Crippen molar-refractivity contribution in [2.45, 2.75) is 58.9 Å². The normalized spacial score (nSPS) is 20.4. The summed E-state index contributed by atoms with van der Waals surface area (Å²) < 4.78 is 14.7. The molecule has 1 saturated heterocycles. The quantitative estimate of drug-likeness (QED) is 0.749. The van der Waals surface area contributed by atoms with Crippen LogP contribution in [0.2, 0.25) is 0 Å². The fourth-order valence-corrected chi connectivity index (χ4v) is 5.06. The van der Waals surface area contributed by atoms with E-state index in [4.69, 9.17) is 0 Å². The molecule has 2 aliphatic rings. The van der Waals surface area contributed by atoms with Crippen LogP contribution >= 0.6 is 0 Å². The molecule has 1 aromatic heterocycles. The number of carbonyl (C=O) groups excluding carboxylic acids is 2. The average molecular weight is 454 g/mol. The van der Waals surface area contributed by atoms with E-state index < -0.39 is 17.3 Å². The zero-order valence-corrected chi connectivity index (χ0v) is 19.6. The van der Waals surface area contributed by atoms with Gasteiger partial charge in [-0.15, -0.1) is 0 Å². The Morgan fingerprint density at radius 3 is 2.58 bits per heavy atom. The molecule has 1 aliphatic carbocycles. The molecule has 2 aromatic rings. The average Bonchev–Trinajstić information content (AvgIpc) is 2.75. The Hall–Kier alpha value is -2.80. The van der Waals surface area contributed by atoms with E-state index in [0.717, 1.165) is 25.9 Å². The van der Waals surface area contributed by atoms with E-state index in [1.165, 1.54) is 41.5 Å². The standard InChI is InChI=1S/C26H32FN3O3/c1-17-6-4-5-12-29(17)13-11-28-24(32)23-20-14-26(2,3)15-22(31)21(20)16-30(25(23)33)19-9-7-18(27)8-10-19/h7-10,16-17H,4-6,11-15H2,1-3H3,(H,28,32). The van der Waals surface area contributed by atoms with Gasteiger partial charge in [-0.2, -0.15) is 0 Å². The Morgan fingerprint density at radius 2 is 1.88 bits per heavy atom. The molecule has 1 amide bonds. The maximum atomic E-state index is 13.5. The molecule has 2 heterocycles. The zero-order valence-electron chi connectivity index (χ0n) is 19.6. The van der Waals surface area contributed by atoms with E-state index >= 15 is 0 Å². The van der Waals surface area contributed by atoms with Crippen LogP contribution in [0.5, 0.6) is 0 Å². The molecule has 0 spiro atoms. The Balaban J connectivity index is 1.69. The molecular weight excluding hydrogens is 421 g/mol. The van der Waals surface area contributed by atoms with Crippen LogP contribution in [-0.2, 0) is 6.42 Å². The van der Waals surface area contributed by atoms with Crippen LogP contribution in [0.25, 0.3) is 5.69 Å². The van der Waals surface area contributed by atoms with Gasteiger partial charge < -0.3 is 5.32 Å². The van der Waals surface area contributed by atoms with Crippen molar-refractivity contribution in [3.63, 3.8) is 0 Å². The minimum atomic E-state index is -0.491. The maximum absolute atomic E-state index is 13.5. The SMILES string of the molecule is CC1CCCCN1CCNC(=O)c1c2c(cn(-c3ccc(F)cc3)c1=O)C(=O)CC(C)(C)C2. The van der Waals surface area contributed by atoms with Crippen LogP contribution < -0.4 is 10.9 Å². The molecular formula is C26H32FN3O3. The van der Waals surface area contributed by atoms with Gasteiger partial charge in [-0.3, -0.25) is 23.9 Å². The van der Waals surface area contributed by atoms with Crippen LogP contribution in [0.4, 0.5) is 4.39 Å². The molecule has 176 valence electrons. The third kappa shape index (κ3) is 4.93. The van der Waals surface area contributed by atoms with Gasteiger partial charge in [0.2, 0.25) is 0 Å². The summed E-state index contributed by atoms with van der Waals surface area (Å²) in [6.07, 6.45) is 5.86. The van der Waals surface area contributed by atoms with Crippen molar-refractivity contribution in [1.29, 1.82) is 0 Å². The highest BCUT2D eigenvalue weighted by molar-refractivity contribution is 6.04. The molecule has 1 unspecified atom stereocenters. The fraction of sp³-hybridized carbons (Fsp3) is 0.500. The molecule has 6 nitrogen and oxygen atoms in total. The second-order valence-electron chi connectivity index (χ2n) is 10.1. The minimum absolute atomic E-state index is 0.0182. The number of benzene rings is 1. The van der Waals surface area contributed by atoms with Crippen LogP contribution in [0.3, 0.4) is 0 Å². The van der Waals surface area contributed by atoms with Crippen LogP contribution in [-0.4, -0.2) is 46.8 Å². The topological polar surface area (TPSA) is 71.4 Å². The van der Waals surface area contributed by atoms with Gasteiger partial charge >= 0.3 is 0 Å². The second-order valence-corrected chi connectivity index (χ2v) is 10.1. The summed E-state index contributed by atoms with van der Waals surface area (Å²) in [5.74, 6) is -0.969. The molecule has 1 aromatic carbocycles. The van der Waals surface area contributed by atoms with Crippen molar-refractivity contribution < 1.29 is 14.0 Å². The van der Waals surface area contributed by atoms with Crippen molar-refractivity contribution >= 4 is 11.7 Å². The molecule has 1 N–H and O–H groups in total. The molecule has 33 heavy (non-hydrogen) atoms. The van der Waals surface area contributed by atoms with Crippen LogP contribution in [0, 0.1) is 11.2 Å². The number of ketones is 1. The van der Waals surface area contributed by atoms with Crippen molar-refractivity contribution in [2.24, 2.45) is 5.41 Å². The Kier molecular flexibility index (Phi) is 6.52. The van der Waals surface area contributed by atoms with E-state index in [9.17, 15) is 18.8 Å². The number of likely N-dealkylation sites (tertiary alicyclic amines) is 1. The summed E-state index contributed by atoms with van der Waals surface area (Å²) in [7, 11) is 0. The lowest BCUT2D eigenvalue weighted by atomic mass is 9.73. The van der Waals surface area contributed by atoms with Crippen molar-refractivity contribution in [2.75, 3.05) is 19.6 Å². The number of nitrogens with one attached hydrogen (secondary N) is 1. The number of piperidine rings is 1. The number of hydrogen-bond acceptors (Lipinski definition) is 4. The second kappa shape index (κ2) is 9.21. The van der Waals surface area contributed by atoms with Gasteiger partial charge in [-0.1, -0.05) is 20.3 Å². The third-order valence-electron chi connectivity index (χ3n) is 6.87. The van der Waals surface area contributed by atoms with Crippen molar-refractivity contribution in [3.05, 3.63) is 63.3 Å². The number of fused-ring (bicyclic) bond motifs is 1. The van der Waals surface area contributed by atoms with Gasteiger partial charge in [0.1, 0.15) is 11.4 Å². The van der Waals surface area contributed by atoms with Crippen LogP contribution in [0.1, 0.15) is 72.7 Å². The number of aromatic nitrogens is 1. The number of nitrogens with zero attached hydrogens (tertiary/aromatic N) is 2. The highest BCUT2D eigenvalue weighted by atomic mass is 19.1. The van der Waals surface area contributed by atoms with E-state index in [1.807, 2.05) is 13.8 Å². The minimum Gasteiger partial charge on any atom is -0.351 e. The number of hydrogen-bond donors (Lipinski definition) is 1. The van der Waals surface area contributed by atoms with Crippen LogP contribution in [0.15, 0.2) is 35.3 Å². The highest BCUT2D eigenvalue weighted by Crippen LogP contribution is 2.35. The molecule has 1 aliphatic heterocycles. The molecule has 0 radical (unpaired) electrons. The van der Waals surface area contributed by atoms with Gasteiger partial charge in [0.05, 0.1) is 0 Å². The Bertz CT molecular complexity index is 1120. The third-order valence-corrected chi connectivity index (χ3v) is 6.87. The number of amides is 1. The number of carbonyl (C=O) groups is 2. The first-order valence-electron chi connectivity index (χ1n) is 11.8. The summed E-state index contributed by atoms with van der Waals surface area (Å²) in [6, 6.07) is 5.94.